The Kier molecular flexibility index (Phi) is 3.62. The normalized spacial score (nSPS) is 11.8. The van der Waals surface area contributed by atoms with Crippen LogP contribution >= 0.6 is 15.9 Å². The molecule has 1 heterocycles. The van der Waals surface area contributed by atoms with E-state index in [1.54, 1.807) is 0 Å². The Morgan fingerprint density at radius 2 is 1.71 bits per heavy atom. The molecule has 0 aliphatic rings. The van der Waals surface area contributed by atoms with Gasteiger partial charge < -0.3 is 0 Å². The van der Waals surface area contributed by atoms with Crippen molar-refractivity contribution >= 4 is 28.6 Å². The second-order valence-corrected chi connectivity index (χ2v) is 5.59. The Hall–Kier alpha value is -2.33. The summed E-state index contributed by atoms with van der Waals surface area (Å²) < 4.78 is 2.51. The van der Waals surface area contributed by atoms with Crippen molar-refractivity contribution in [1.82, 2.24) is 9.78 Å². The zero-order valence-corrected chi connectivity index (χ0v) is 12.8. The predicted molar refractivity (Wildman–Crippen MR) is 88.9 cm³/mol. The van der Waals surface area contributed by atoms with Gasteiger partial charge in [0, 0.05) is 4.47 Å². The number of nitrogens with zero attached hydrogens (tertiary/aromatic N) is 1. The summed E-state index contributed by atoms with van der Waals surface area (Å²) in [7, 11) is 0. The zero-order valence-electron chi connectivity index (χ0n) is 11.2. The summed E-state index contributed by atoms with van der Waals surface area (Å²) in [5.74, 6) is 0. The largest absolute Gasteiger partial charge is 0.291 e. The molecule has 0 atom stereocenters. The van der Waals surface area contributed by atoms with E-state index < -0.39 is 0 Å². The molecule has 4 heteroatoms. The number of aromatic amines is 1. The lowest BCUT2D eigenvalue weighted by molar-refractivity contribution is 0.838. The van der Waals surface area contributed by atoms with E-state index in [0.29, 0.717) is 10.6 Å². The van der Waals surface area contributed by atoms with Crippen molar-refractivity contribution in [1.29, 1.82) is 0 Å². The first-order valence-electron chi connectivity index (χ1n) is 6.48. The topological polar surface area (TPSA) is 37.8 Å². The van der Waals surface area contributed by atoms with Gasteiger partial charge >= 0.3 is 0 Å². The van der Waals surface area contributed by atoms with E-state index in [2.05, 4.69) is 27.6 Å². The highest BCUT2D eigenvalue weighted by molar-refractivity contribution is 9.10. The molecule has 0 saturated heterocycles. The first-order valence-corrected chi connectivity index (χ1v) is 7.27. The molecule has 0 unspecified atom stereocenters. The molecule has 0 spiro atoms. The summed E-state index contributed by atoms with van der Waals surface area (Å²) in [5.41, 5.74) is 1.65. The lowest BCUT2D eigenvalue weighted by atomic mass is 10.2. The zero-order chi connectivity index (χ0) is 14.8. The van der Waals surface area contributed by atoms with Gasteiger partial charge in [-0.1, -0.05) is 52.8 Å². The fourth-order valence-electron chi connectivity index (χ4n) is 2.13. The third kappa shape index (κ3) is 2.76. The molecular formula is C17H13BrN2O. The molecule has 3 aromatic rings. The van der Waals surface area contributed by atoms with Crippen LogP contribution in [0.1, 0.15) is 5.56 Å². The van der Waals surface area contributed by atoms with Gasteiger partial charge in [-0.3, -0.25) is 9.89 Å². The maximum atomic E-state index is 12.5. The molecule has 0 amide bonds. The highest BCUT2D eigenvalue weighted by Gasteiger charge is 2.03. The van der Waals surface area contributed by atoms with Gasteiger partial charge in [0.2, 0.25) is 0 Å². The molecule has 0 radical (unpaired) electrons. The van der Waals surface area contributed by atoms with Gasteiger partial charge in [0.1, 0.15) is 0 Å². The third-order valence-electron chi connectivity index (χ3n) is 3.20. The van der Waals surface area contributed by atoms with Crippen LogP contribution in [-0.2, 0) is 0 Å². The van der Waals surface area contributed by atoms with Crippen LogP contribution in [0.5, 0.6) is 0 Å². The molecule has 0 fully saturated rings. The lowest BCUT2D eigenvalue weighted by Crippen LogP contribution is -2.33. The van der Waals surface area contributed by atoms with Gasteiger partial charge in [0.15, 0.2) is 0 Å². The molecule has 104 valence electrons. The van der Waals surface area contributed by atoms with Crippen LogP contribution in [0.2, 0.25) is 0 Å². The molecule has 0 aliphatic carbocycles. The van der Waals surface area contributed by atoms with Gasteiger partial charge in [0.05, 0.1) is 16.3 Å². The Bertz CT molecular complexity index is 922. The Morgan fingerprint density at radius 1 is 1.05 bits per heavy atom. The SMILES string of the molecule is C=c1[nH]n(-c2ccccc2)c(=O)/c1=C\c1ccc(Br)cc1. The molecule has 3 nitrogen and oxygen atoms in total. The first-order chi connectivity index (χ1) is 10.1. The Morgan fingerprint density at radius 3 is 2.38 bits per heavy atom. The molecule has 1 aromatic heterocycles. The molecule has 0 aliphatic heterocycles. The van der Waals surface area contributed by atoms with Crippen molar-refractivity contribution in [3.63, 3.8) is 0 Å². The highest BCUT2D eigenvalue weighted by atomic mass is 79.9. The van der Waals surface area contributed by atoms with Gasteiger partial charge in [0.25, 0.3) is 5.56 Å². The van der Waals surface area contributed by atoms with Crippen LogP contribution < -0.4 is 16.1 Å². The quantitative estimate of drug-likeness (QED) is 0.762. The van der Waals surface area contributed by atoms with E-state index in [9.17, 15) is 4.79 Å². The van der Waals surface area contributed by atoms with Crippen molar-refractivity contribution < 1.29 is 0 Å². The van der Waals surface area contributed by atoms with Gasteiger partial charge in [-0.05, 0) is 35.9 Å². The monoisotopic (exact) mass is 340 g/mol. The molecule has 3 rings (SSSR count). The van der Waals surface area contributed by atoms with Crippen LogP contribution in [0.4, 0.5) is 0 Å². The molecule has 0 saturated carbocycles. The fourth-order valence-corrected chi connectivity index (χ4v) is 2.39. The van der Waals surface area contributed by atoms with Crippen molar-refractivity contribution in [3.05, 3.63) is 85.6 Å². The van der Waals surface area contributed by atoms with Crippen LogP contribution in [0.25, 0.3) is 18.3 Å². The number of H-pyrrole nitrogens is 1. The molecule has 0 bridgehead atoms. The standard InChI is InChI=1S/C17H13BrN2O/c1-12-16(11-13-7-9-14(18)10-8-13)17(21)20(19-12)15-5-3-2-4-6-15/h2-11,19H,1H2/b16-11-. The fraction of sp³-hybridized carbons (Fsp3) is 0. The number of rotatable bonds is 2. The summed E-state index contributed by atoms with van der Waals surface area (Å²) in [5, 5.41) is 4.19. The molecule has 1 N–H and O–H groups in total. The maximum absolute atomic E-state index is 12.5. The number of aromatic nitrogens is 2. The summed E-state index contributed by atoms with van der Waals surface area (Å²) in [6, 6.07) is 17.2. The third-order valence-corrected chi connectivity index (χ3v) is 3.73. The molecule has 2 aromatic carbocycles. The summed E-state index contributed by atoms with van der Waals surface area (Å²) >= 11 is 3.40. The number of hydrogen-bond acceptors (Lipinski definition) is 1. The number of hydrogen-bond donors (Lipinski definition) is 1. The minimum absolute atomic E-state index is 0.103. The van der Waals surface area contributed by atoms with E-state index in [0.717, 1.165) is 15.7 Å². The minimum Gasteiger partial charge on any atom is -0.291 e. The van der Waals surface area contributed by atoms with E-state index in [1.807, 2.05) is 60.7 Å². The van der Waals surface area contributed by atoms with Crippen molar-refractivity contribution in [3.8, 4) is 5.69 Å². The first kappa shape index (κ1) is 13.6. The van der Waals surface area contributed by atoms with Crippen molar-refractivity contribution in [2.75, 3.05) is 0 Å². The van der Waals surface area contributed by atoms with Gasteiger partial charge in [-0.2, -0.15) is 0 Å². The van der Waals surface area contributed by atoms with Crippen LogP contribution in [0.3, 0.4) is 0 Å². The summed E-state index contributed by atoms with van der Waals surface area (Å²) in [6.45, 7) is 3.92. The average Bonchev–Trinajstić information content (AvgIpc) is 2.78. The summed E-state index contributed by atoms with van der Waals surface area (Å²) in [6.07, 6.45) is 1.84. The minimum atomic E-state index is -0.103. The highest BCUT2D eigenvalue weighted by Crippen LogP contribution is 2.10. The predicted octanol–water partition coefficient (Wildman–Crippen LogP) is 2.17. The van der Waals surface area contributed by atoms with Crippen LogP contribution in [0, 0.1) is 0 Å². The molecular weight excluding hydrogens is 328 g/mol. The number of para-hydroxylation sites is 1. The van der Waals surface area contributed by atoms with Crippen LogP contribution in [-0.4, -0.2) is 9.78 Å². The number of benzene rings is 2. The number of nitrogens with one attached hydrogen (secondary N) is 1. The van der Waals surface area contributed by atoms with E-state index >= 15 is 0 Å². The summed E-state index contributed by atoms with van der Waals surface area (Å²) in [4.78, 5) is 12.5. The number of halogens is 1. The lowest BCUT2D eigenvalue weighted by Gasteiger charge is -1.98. The van der Waals surface area contributed by atoms with Gasteiger partial charge in [-0.25, -0.2) is 4.68 Å². The van der Waals surface area contributed by atoms with E-state index in [1.165, 1.54) is 4.68 Å². The van der Waals surface area contributed by atoms with Crippen molar-refractivity contribution in [2.24, 2.45) is 0 Å². The Balaban J connectivity index is 2.17. The van der Waals surface area contributed by atoms with Gasteiger partial charge in [-0.15, -0.1) is 0 Å². The van der Waals surface area contributed by atoms with E-state index in [-0.39, 0.29) is 5.56 Å². The van der Waals surface area contributed by atoms with E-state index in [4.69, 9.17) is 0 Å². The average molecular weight is 341 g/mol. The Labute approximate surface area is 130 Å². The second-order valence-electron chi connectivity index (χ2n) is 4.68. The maximum Gasteiger partial charge on any atom is 0.279 e. The smallest absolute Gasteiger partial charge is 0.279 e. The van der Waals surface area contributed by atoms with Crippen molar-refractivity contribution in [2.45, 2.75) is 0 Å². The molecule has 21 heavy (non-hydrogen) atoms. The second kappa shape index (κ2) is 5.58. The van der Waals surface area contributed by atoms with Crippen LogP contribution in [0.15, 0.2) is 63.9 Å².